The third-order valence-electron chi connectivity index (χ3n) is 1.22. The molecule has 1 N–H and O–H groups in total. The van der Waals surface area contributed by atoms with E-state index in [0.717, 1.165) is 32.0 Å². The van der Waals surface area contributed by atoms with Crippen molar-refractivity contribution in [3.63, 3.8) is 0 Å². The Bertz CT molecular complexity index is 78.5. The van der Waals surface area contributed by atoms with E-state index >= 15 is 0 Å². The summed E-state index contributed by atoms with van der Waals surface area (Å²) < 4.78 is 5.33. The van der Waals surface area contributed by atoms with Crippen molar-refractivity contribution < 1.29 is 4.74 Å². The van der Waals surface area contributed by atoms with Crippen LogP contribution in [0.5, 0.6) is 0 Å². The van der Waals surface area contributed by atoms with Crippen LogP contribution in [0.3, 0.4) is 0 Å². The van der Waals surface area contributed by atoms with Gasteiger partial charge in [-0.1, -0.05) is 0 Å². The van der Waals surface area contributed by atoms with Gasteiger partial charge < -0.3 is 10.1 Å². The molecule has 0 aliphatic rings. The summed E-state index contributed by atoms with van der Waals surface area (Å²) in [5.74, 6) is 0.734. The summed E-state index contributed by atoms with van der Waals surface area (Å²) in [5, 5.41) is 3.23. The average Bonchev–Trinajstić information content (AvgIpc) is 1.96. The Kier molecular flexibility index (Phi) is 8.47. The number of rotatable bonds is 7. The first-order chi connectivity index (χ1) is 5.27. The molecule has 0 radical (unpaired) electrons. The van der Waals surface area contributed by atoms with Crippen molar-refractivity contribution in [2.45, 2.75) is 26.4 Å². The number of hydrogen-bond acceptors (Lipinski definition) is 2. The van der Waals surface area contributed by atoms with E-state index in [0.29, 0.717) is 6.10 Å². The molecular weight excluding hydrogens is 162 g/mol. The number of halogens is 1. The Morgan fingerprint density at radius 2 is 2.09 bits per heavy atom. The Balaban J connectivity index is 2.80. The van der Waals surface area contributed by atoms with Gasteiger partial charge in [0.1, 0.15) is 0 Å². The Hall–Kier alpha value is 0.210. The normalized spacial score (nSPS) is 10.9. The molecule has 11 heavy (non-hydrogen) atoms. The number of alkyl halides is 1. The summed E-state index contributed by atoms with van der Waals surface area (Å²) in [7, 11) is 0. The summed E-state index contributed by atoms with van der Waals surface area (Å²) in [4.78, 5) is 0. The van der Waals surface area contributed by atoms with Crippen LogP contribution in [0.2, 0.25) is 0 Å². The van der Waals surface area contributed by atoms with Crippen LogP contribution in [-0.2, 0) is 4.74 Å². The first kappa shape index (κ1) is 11.2. The van der Waals surface area contributed by atoms with E-state index in [4.69, 9.17) is 16.3 Å². The van der Waals surface area contributed by atoms with Crippen LogP contribution in [0.15, 0.2) is 0 Å². The van der Waals surface area contributed by atoms with Gasteiger partial charge in [-0.2, -0.15) is 0 Å². The zero-order valence-corrected chi connectivity index (χ0v) is 8.16. The maximum Gasteiger partial charge on any atom is 0.0594 e. The smallest absolute Gasteiger partial charge is 0.0594 e. The lowest BCUT2D eigenvalue weighted by Gasteiger charge is -2.07. The molecule has 0 bridgehead atoms. The highest BCUT2D eigenvalue weighted by Crippen LogP contribution is 1.85. The monoisotopic (exact) mass is 179 g/mol. The molecule has 0 unspecified atom stereocenters. The first-order valence-electron chi connectivity index (χ1n) is 4.15. The number of ether oxygens (including phenoxy) is 1. The molecule has 0 aliphatic heterocycles. The molecule has 3 heteroatoms. The maximum atomic E-state index is 5.49. The van der Waals surface area contributed by atoms with Crippen molar-refractivity contribution in [1.29, 1.82) is 0 Å². The minimum Gasteiger partial charge on any atom is -0.377 e. The van der Waals surface area contributed by atoms with Gasteiger partial charge in [-0.15, -0.1) is 11.6 Å². The Labute approximate surface area is 74.3 Å². The van der Waals surface area contributed by atoms with Crippen LogP contribution in [-0.4, -0.2) is 31.7 Å². The fourth-order valence-electron chi connectivity index (χ4n) is 0.684. The highest BCUT2D eigenvalue weighted by atomic mass is 35.5. The van der Waals surface area contributed by atoms with Gasteiger partial charge in [0.15, 0.2) is 0 Å². The van der Waals surface area contributed by atoms with Crippen LogP contribution in [0.25, 0.3) is 0 Å². The summed E-state index contributed by atoms with van der Waals surface area (Å²) in [5.41, 5.74) is 0. The summed E-state index contributed by atoms with van der Waals surface area (Å²) in [6.07, 6.45) is 1.37. The fourth-order valence-corrected chi connectivity index (χ4v) is 0.817. The van der Waals surface area contributed by atoms with Crippen molar-refractivity contribution in [1.82, 2.24) is 5.32 Å². The van der Waals surface area contributed by atoms with Gasteiger partial charge in [0, 0.05) is 12.4 Å². The Morgan fingerprint density at radius 1 is 1.36 bits per heavy atom. The zero-order chi connectivity index (χ0) is 8.53. The van der Waals surface area contributed by atoms with Gasteiger partial charge in [-0.05, 0) is 26.8 Å². The molecule has 0 atom stereocenters. The quantitative estimate of drug-likeness (QED) is 0.474. The van der Waals surface area contributed by atoms with E-state index in [1.807, 2.05) is 13.8 Å². The van der Waals surface area contributed by atoms with Crippen LogP contribution in [0.4, 0.5) is 0 Å². The van der Waals surface area contributed by atoms with E-state index in [9.17, 15) is 0 Å². The first-order valence-corrected chi connectivity index (χ1v) is 4.69. The zero-order valence-electron chi connectivity index (χ0n) is 7.40. The Morgan fingerprint density at radius 3 is 2.64 bits per heavy atom. The van der Waals surface area contributed by atoms with E-state index in [-0.39, 0.29) is 0 Å². The van der Waals surface area contributed by atoms with E-state index in [1.54, 1.807) is 0 Å². The minimum atomic E-state index is 0.338. The second-order valence-electron chi connectivity index (χ2n) is 2.71. The van der Waals surface area contributed by atoms with E-state index in [2.05, 4.69) is 5.32 Å². The van der Waals surface area contributed by atoms with Crippen LogP contribution < -0.4 is 5.32 Å². The summed E-state index contributed by atoms with van der Waals surface area (Å²) in [6, 6.07) is 0. The molecule has 0 aromatic rings. The third-order valence-corrected chi connectivity index (χ3v) is 1.48. The van der Waals surface area contributed by atoms with Gasteiger partial charge >= 0.3 is 0 Å². The SMILES string of the molecule is CC(C)OCCNCCCCl. The van der Waals surface area contributed by atoms with E-state index in [1.165, 1.54) is 0 Å². The lowest BCUT2D eigenvalue weighted by atomic mass is 10.4. The van der Waals surface area contributed by atoms with Crippen molar-refractivity contribution in [2.24, 2.45) is 0 Å². The molecule has 0 saturated carbocycles. The van der Waals surface area contributed by atoms with Gasteiger partial charge in [0.25, 0.3) is 0 Å². The molecule has 68 valence electrons. The third kappa shape index (κ3) is 10.2. The van der Waals surface area contributed by atoms with Gasteiger partial charge in [0.05, 0.1) is 12.7 Å². The molecule has 0 rings (SSSR count). The van der Waals surface area contributed by atoms with Crippen molar-refractivity contribution in [3.8, 4) is 0 Å². The topological polar surface area (TPSA) is 21.3 Å². The highest BCUT2D eigenvalue weighted by Gasteiger charge is 1.91. The molecule has 0 aromatic heterocycles. The van der Waals surface area contributed by atoms with Gasteiger partial charge in [-0.25, -0.2) is 0 Å². The standard InChI is InChI=1S/C8H18ClNO/c1-8(2)11-7-6-10-5-3-4-9/h8,10H,3-7H2,1-2H3. The molecular formula is C8H18ClNO. The molecule has 0 saturated heterocycles. The fraction of sp³-hybridized carbons (Fsp3) is 1.00. The maximum absolute atomic E-state index is 5.49. The van der Waals surface area contributed by atoms with Crippen LogP contribution >= 0.6 is 11.6 Å². The lowest BCUT2D eigenvalue weighted by molar-refractivity contribution is 0.0809. The average molecular weight is 180 g/mol. The lowest BCUT2D eigenvalue weighted by Crippen LogP contribution is -2.22. The molecule has 0 aromatic carbocycles. The molecule has 0 fully saturated rings. The molecule has 2 nitrogen and oxygen atoms in total. The number of nitrogens with one attached hydrogen (secondary N) is 1. The van der Waals surface area contributed by atoms with Crippen LogP contribution in [0.1, 0.15) is 20.3 Å². The predicted molar refractivity (Wildman–Crippen MR) is 49.3 cm³/mol. The van der Waals surface area contributed by atoms with Crippen LogP contribution in [0, 0.1) is 0 Å². The molecule has 0 amide bonds. The minimum absolute atomic E-state index is 0.338. The second-order valence-corrected chi connectivity index (χ2v) is 3.09. The predicted octanol–water partition coefficient (Wildman–Crippen LogP) is 1.63. The second kappa shape index (κ2) is 8.31. The largest absolute Gasteiger partial charge is 0.377 e. The van der Waals surface area contributed by atoms with Crippen molar-refractivity contribution in [3.05, 3.63) is 0 Å². The van der Waals surface area contributed by atoms with Crippen molar-refractivity contribution in [2.75, 3.05) is 25.6 Å². The van der Waals surface area contributed by atoms with E-state index < -0.39 is 0 Å². The molecule has 0 aliphatic carbocycles. The number of hydrogen-bond donors (Lipinski definition) is 1. The molecule has 0 heterocycles. The highest BCUT2D eigenvalue weighted by molar-refractivity contribution is 6.17. The molecule has 0 spiro atoms. The summed E-state index contributed by atoms with van der Waals surface area (Å²) in [6.45, 7) is 6.79. The summed E-state index contributed by atoms with van der Waals surface area (Å²) >= 11 is 5.49. The van der Waals surface area contributed by atoms with Crippen molar-refractivity contribution >= 4 is 11.6 Å². The van der Waals surface area contributed by atoms with Gasteiger partial charge in [-0.3, -0.25) is 0 Å². The van der Waals surface area contributed by atoms with Gasteiger partial charge in [0.2, 0.25) is 0 Å².